The summed E-state index contributed by atoms with van der Waals surface area (Å²) in [5, 5.41) is 14.2. The number of hydrogen-bond donors (Lipinski definition) is 2. The number of carbonyl (C=O) groups is 2. The summed E-state index contributed by atoms with van der Waals surface area (Å²) in [6.45, 7) is 2.04. The van der Waals surface area contributed by atoms with Crippen molar-refractivity contribution in [3.8, 4) is 5.88 Å². The van der Waals surface area contributed by atoms with Gasteiger partial charge < -0.3 is 24.6 Å². The smallest absolute Gasteiger partial charge is 0.475 e. The molecule has 0 radical (unpaired) electrons. The molecule has 10 nitrogen and oxygen atoms in total. The van der Waals surface area contributed by atoms with E-state index in [0.29, 0.717) is 25.0 Å². The topological polar surface area (TPSA) is 135 Å². The molecule has 2 aromatic heterocycles. The summed E-state index contributed by atoms with van der Waals surface area (Å²) in [7, 11) is 0. The molecule has 0 amide bonds. The molecule has 2 fully saturated rings. The number of aliphatic carboxylic acids is 2. The maximum absolute atomic E-state index is 12.9. The van der Waals surface area contributed by atoms with Gasteiger partial charge in [0, 0.05) is 25.2 Å². The zero-order valence-electron chi connectivity index (χ0n) is 18.5. The van der Waals surface area contributed by atoms with Gasteiger partial charge in [-0.2, -0.15) is 26.3 Å². The summed E-state index contributed by atoms with van der Waals surface area (Å²) in [6, 6.07) is 5.60. The van der Waals surface area contributed by atoms with Crippen LogP contribution in [0, 0.1) is 5.82 Å². The minimum absolute atomic E-state index is 0.000939. The van der Waals surface area contributed by atoms with E-state index in [1.807, 2.05) is 23.1 Å². The molecule has 0 aliphatic carbocycles. The highest BCUT2D eigenvalue weighted by Crippen LogP contribution is 2.37. The molecule has 2 N–H and O–H groups in total. The Labute approximate surface area is 203 Å². The number of alkyl halides is 6. The summed E-state index contributed by atoms with van der Waals surface area (Å²) in [5.74, 6) is -4.78. The molecule has 2 aromatic rings. The second-order valence-electron chi connectivity index (χ2n) is 7.58. The lowest BCUT2D eigenvalue weighted by Crippen LogP contribution is -2.34. The van der Waals surface area contributed by atoms with E-state index >= 15 is 0 Å². The highest BCUT2D eigenvalue weighted by molar-refractivity contribution is 5.73. The molecule has 2 aliphatic rings. The lowest BCUT2D eigenvalue weighted by Gasteiger charge is -2.23. The average Bonchev–Trinajstić information content (AvgIpc) is 3.40. The Bertz CT molecular complexity index is 1020. The monoisotopic (exact) mass is 544 g/mol. The number of hydrogen-bond acceptors (Lipinski definition) is 8. The van der Waals surface area contributed by atoms with Crippen LogP contribution < -0.4 is 9.64 Å². The first-order valence-corrected chi connectivity index (χ1v) is 10.2. The first-order chi connectivity index (χ1) is 17.1. The van der Waals surface area contributed by atoms with E-state index in [1.54, 1.807) is 6.20 Å². The third kappa shape index (κ3) is 9.32. The van der Waals surface area contributed by atoms with E-state index in [1.165, 1.54) is 12.4 Å². The summed E-state index contributed by atoms with van der Waals surface area (Å²) in [4.78, 5) is 32.1. The fourth-order valence-corrected chi connectivity index (χ4v) is 3.23. The van der Waals surface area contributed by atoms with Crippen molar-refractivity contribution in [3.63, 3.8) is 0 Å². The molecule has 0 saturated carbocycles. The van der Waals surface area contributed by atoms with E-state index in [2.05, 4.69) is 15.0 Å². The second-order valence-corrected chi connectivity index (χ2v) is 7.58. The Balaban J connectivity index is 0.000000286. The first kappa shape index (κ1) is 29.5. The van der Waals surface area contributed by atoms with Crippen molar-refractivity contribution in [2.45, 2.75) is 36.9 Å². The Morgan fingerprint density at radius 3 is 2.08 bits per heavy atom. The standard InChI is InChI=1S/C16H17FN4O2.2C2HF3O2/c17-12-8-19-15(20-9-12)21-6-4-16(11-21)7-13(10-22-16)23-14-3-1-2-5-18-14;2*3-2(4,5)1(6)7/h1-3,5,8-9,13H,4,6-7,10-11H2;2*(H,6,7)/t13-,16-;;/m0../s1. The van der Waals surface area contributed by atoms with Crippen LogP contribution in [0.25, 0.3) is 0 Å². The third-order valence-electron chi connectivity index (χ3n) is 4.79. The average molecular weight is 544 g/mol. The molecule has 2 aliphatic heterocycles. The number of carboxylic acids is 2. The minimum atomic E-state index is -5.08. The summed E-state index contributed by atoms with van der Waals surface area (Å²) < 4.78 is 88.3. The van der Waals surface area contributed by atoms with E-state index in [4.69, 9.17) is 29.3 Å². The SMILES string of the molecule is Fc1cnc(N2CC[C@]3(C[C@H](Oc4ccccn4)CO3)C2)nc1.O=C(O)C(F)(F)F.O=C(O)C(F)(F)F. The summed E-state index contributed by atoms with van der Waals surface area (Å²) in [6.07, 6.45) is -4.38. The number of aromatic nitrogens is 3. The zero-order valence-corrected chi connectivity index (χ0v) is 18.5. The van der Waals surface area contributed by atoms with Gasteiger partial charge in [0.1, 0.15) is 6.10 Å². The van der Waals surface area contributed by atoms with E-state index in [9.17, 15) is 30.7 Å². The normalized spacial score (nSPS) is 20.9. The molecule has 4 rings (SSSR count). The van der Waals surface area contributed by atoms with Gasteiger partial charge in [0.15, 0.2) is 5.82 Å². The Morgan fingerprint density at radius 1 is 1.03 bits per heavy atom. The van der Waals surface area contributed by atoms with Crippen LogP contribution in [0.4, 0.5) is 36.7 Å². The Hall–Kier alpha value is -3.76. The van der Waals surface area contributed by atoms with Gasteiger partial charge in [-0.3, -0.25) is 0 Å². The molecule has 2 saturated heterocycles. The van der Waals surface area contributed by atoms with Gasteiger partial charge >= 0.3 is 24.3 Å². The molecule has 4 heterocycles. The number of anilines is 1. The van der Waals surface area contributed by atoms with Crippen LogP contribution in [0.5, 0.6) is 5.88 Å². The van der Waals surface area contributed by atoms with Gasteiger partial charge in [0.25, 0.3) is 0 Å². The summed E-state index contributed by atoms with van der Waals surface area (Å²) >= 11 is 0. The molecule has 2 atom stereocenters. The molecule has 37 heavy (non-hydrogen) atoms. The molecule has 204 valence electrons. The maximum atomic E-state index is 12.9. The number of ether oxygens (including phenoxy) is 2. The summed E-state index contributed by atoms with van der Waals surface area (Å²) in [5.41, 5.74) is -0.239. The Kier molecular flexibility index (Phi) is 9.55. The van der Waals surface area contributed by atoms with Crippen molar-refractivity contribution >= 4 is 17.9 Å². The van der Waals surface area contributed by atoms with Crippen LogP contribution in [0.15, 0.2) is 36.8 Å². The number of rotatable bonds is 3. The van der Waals surface area contributed by atoms with Gasteiger partial charge in [-0.05, 0) is 12.5 Å². The van der Waals surface area contributed by atoms with Crippen LogP contribution in [0.2, 0.25) is 0 Å². The van der Waals surface area contributed by atoms with Crippen LogP contribution in [-0.2, 0) is 14.3 Å². The second kappa shape index (κ2) is 12.0. The lowest BCUT2D eigenvalue weighted by molar-refractivity contribution is -0.193. The molecule has 0 bridgehead atoms. The molecule has 17 heteroatoms. The predicted molar refractivity (Wildman–Crippen MR) is 108 cm³/mol. The fourth-order valence-electron chi connectivity index (χ4n) is 3.23. The van der Waals surface area contributed by atoms with Gasteiger partial charge in [0.05, 0.1) is 31.1 Å². The van der Waals surface area contributed by atoms with Gasteiger partial charge in [0.2, 0.25) is 11.8 Å². The maximum Gasteiger partial charge on any atom is 0.490 e. The Morgan fingerprint density at radius 2 is 1.59 bits per heavy atom. The highest BCUT2D eigenvalue weighted by atomic mass is 19.4. The molecular weight excluding hydrogens is 525 g/mol. The predicted octanol–water partition coefficient (Wildman–Crippen LogP) is 3.09. The molecule has 1 spiro atoms. The van der Waals surface area contributed by atoms with Crippen molar-refractivity contribution in [1.82, 2.24) is 15.0 Å². The van der Waals surface area contributed by atoms with Crippen molar-refractivity contribution in [1.29, 1.82) is 0 Å². The molecular formula is C20H19F7N4O6. The van der Waals surface area contributed by atoms with E-state index < -0.39 is 30.1 Å². The zero-order chi connectivity index (χ0) is 27.9. The quantitative estimate of drug-likeness (QED) is 0.555. The van der Waals surface area contributed by atoms with Gasteiger partial charge in [-0.1, -0.05) is 6.07 Å². The fraction of sp³-hybridized carbons (Fsp3) is 0.450. The van der Waals surface area contributed by atoms with Crippen molar-refractivity contribution < 1.29 is 60.0 Å². The lowest BCUT2D eigenvalue weighted by atomic mass is 9.98. The minimum Gasteiger partial charge on any atom is -0.475 e. The highest BCUT2D eigenvalue weighted by Gasteiger charge is 2.47. The van der Waals surface area contributed by atoms with Crippen LogP contribution in [0.1, 0.15) is 12.8 Å². The van der Waals surface area contributed by atoms with Crippen molar-refractivity contribution in [2.24, 2.45) is 0 Å². The third-order valence-corrected chi connectivity index (χ3v) is 4.79. The molecule has 0 aromatic carbocycles. The first-order valence-electron chi connectivity index (χ1n) is 10.2. The van der Waals surface area contributed by atoms with Crippen LogP contribution >= 0.6 is 0 Å². The number of carboxylic acid groups (broad SMARTS) is 2. The number of nitrogens with zero attached hydrogens (tertiary/aromatic N) is 4. The van der Waals surface area contributed by atoms with E-state index in [-0.39, 0.29) is 11.7 Å². The van der Waals surface area contributed by atoms with Gasteiger partial charge in [-0.15, -0.1) is 0 Å². The van der Waals surface area contributed by atoms with Crippen LogP contribution in [-0.4, -0.2) is 80.9 Å². The number of halogens is 7. The molecule has 0 unspecified atom stereocenters. The largest absolute Gasteiger partial charge is 0.490 e. The van der Waals surface area contributed by atoms with Crippen molar-refractivity contribution in [2.75, 3.05) is 24.6 Å². The van der Waals surface area contributed by atoms with Crippen molar-refractivity contribution in [3.05, 3.63) is 42.6 Å². The number of pyridine rings is 1. The van der Waals surface area contributed by atoms with E-state index in [0.717, 1.165) is 19.4 Å². The van der Waals surface area contributed by atoms with Gasteiger partial charge in [-0.25, -0.2) is 28.9 Å². The van der Waals surface area contributed by atoms with Crippen LogP contribution in [0.3, 0.4) is 0 Å².